The van der Waals surface area contributed by atoms with E-state index in [0.717, 1.165) is 68.1 Å². The summed E-state index contributed by atoms with van der Waals surface area (Å²) in [6, 6.07) is 15.4. The fraction of sp³-hybridized carbons (Fsp3) is 0.241. The maximum absolute atomic E-state index is 14.8. The number of hydrogen-bond donors (Lipinski definition) is 3. The van der Waals surface area contributed by atoms with Crippen LogP contribution in [0.2, 0.25) is 5.02 Å². The lowest BCUT2D eigenvalue weighted by molar-refractivity contribution is -0.137. The molecule has 8 nitrogen and oxygen atoms in total. The van der Waals surface area contributed by atoms with Crippen LogP contribution >= 0.6 is 11.6 Å². The van der Waals surface area contributed by atoms with Crippen molar-refractivity contribution < 1.29 is 31.8 Å². The first-order valence-electron chi connectivity index (χ1n) is 13.0. The van der Waals surface area contributed by atoms with E-state index in [0.29, 0.717) is 17.9 Å². The molecule has 2 amide bonds. The Balaban J connectivity index is 1.17. The largest absolute Gasteiger partial charge is 0.492 e. The van der Waals surface area contributed by atoms with E-state index in [9.17, 15) is 22.4 Å². The number of rotatable bonds is 8. The molecule has 13 heteroatoms. The fourth-order valence-electron chi connectivity index (χ4n) is 4.35. The predicted molar refractivity (Wildman–Crippen MR) is 151 cm³/mol. The smallest absolute Gasteiger partial charge is 0.417 e. The summed E-state index contributed by atoms with van der Waals surface area (Å²) in [7, 11) is 0. The van der Waals surface area contributed by atoms with Gasteiger partial charge in [0.15, 0.2) is 0 Å². The third-order valence-corrected chi connectivity index (χ3v) is 6.88. The molecule has 3 N–H and O–H groups in total. The minimum Gasteiger partial charge on any atom is -0.492 e. The van der Waals surface area contributed by atoms with Crippen molar-refractivity contribution in [3.8, 4) is 28.3 Å². The molecule has 1 aliphatic rings. The van der Waals surface area contributed by atoms with E-state index in [-0.39, 0.29) is 11.4 Å². The predicted octanol–water partition coefficient (Wildman–Crippen LogP) is 6.91. The van der Waals surface area contributed by atoms with Gasteiger partial charge in [-0.15, -0.1) is 0 Å². The lowest BCUT2D eigenvalue weighted by atomic mass is 10.1. The zero-order valence-corrected chi connectivity index (χ0v) is 22.9. The number of carbonyl (C=O) groups is 1. The quantitative estimate of drug-likeness (QED) is 0.190. The van der Waals surface area contributed by atoms with Crippen LogP contribution in [0.5, 0.6) is 5.75 Å². The van der Waals surface area contributed by atoms with Gasteiger partial charge in [0.05, 0.1) is 40.9 Å². The Kier molecular flexibility index (Phi) is 8.95. The Morgan fingerprint density at radius 3 is 2.43 bits per heavy atom. The monoisotopic (exact) mass is 603 g/mol. The van der Waals surface area contributed by atoms with E-state index in [4.69, 9.17) is 21.1 Å². The van der Waals surface area contributed by atoms with E-state index < -0.39 is 28.6 Å². The number of aromatic nitrogens is 2. The number of amides is 2. The van der Waals surface area contributed by atoms with Gasteiger partial charge in [-0.1, -0.05) is 17.7 Å². The summed E-state index contributed by atoms with van der Waals surface area (Å²) >= 11 is 5.68. The molecule has 220 valence electrons. The molecule has 0 atom stereocenters. The summed E-state index contributed by atoms with van der Waals surface area (Å²) in [5.41, 5.74) is 1.41. The molecule has 1 aromatic heterocycles. The number of H-pyrrole nitrogens is 1. The van der Waals surface area contributed by atoms with E-state index in [1.165, 1.54) is 12.1 Å². The Labute approximate surface area is 243 Å². The number of alkyl halides is 3. The van der Waals surface area contributed by atoms with Gasteiger partial charge in [0.1, 0.15) is 18.2 Å². The minimum absolute atomic E-state index is 0.0131. The first kappa shape index (κ1) is 29.4. The van der Waals surface area contributed by atoms with Crippen molar-refractivity contribution in [3.63, 3.8) is 0 Å². The molecule has 0 radical (unpaired) electrons. The van der Waals surface area contributed by atoms with Crippen LogP contribution in [0, 0.1) is 5.82 Å². The van der Waals surface area contributed by atoms with Gasteiger partial charge >= 0.3 is 12.2 Å². The minimum atomic E-state index is -4.62. The van der Waals surface area contributed by atoms with Crippen LogP contribution in [0.4, 0.5) is 33.7 Å². The molecule has 0 unspecified atom stereocenters. The van der Waals surface area contributed by atoms with Gasteiger partial charge < -0.3 is 20.1 Å². The van der Waals surface area contributed by atoms with Crippen molar-refractivity contribution >= 4 is 29.0 Å². The normalized spacial score (nSPS) is 14.0. The highest BCUT2D eigenvalue weighted by Crippen LogP contribution is 2.36. The Hall–Kier alpha value is -4.13. The Morgan fingerprint density at radius 2 is 1.74 bits per heavy atom. The second-order valence-corrected chi connectivity index (χ2v) is 9.87. The molecular formula is C29H26ClF4N5O3. The van der Waals surface area contributed by atoms with Gasteiger partial charge in [-0.2, -0.15) is 18.3 Å². The molecule has 0 saturated carbocycles. The Morgan fingerprint density at radius 1 is 1.00 bits per heavy atom. The van der Waals surface area contributed by atoms with Crippen LogP contribution in [0.3, 0.4) is 0 Å². The summed E-state index contributed by atoms with van der Waals surface area (Å²) < 4.78 is 64.7. The van der Waals surface area contributed by atoms with Crippen molar-refractivity contribution in [2.45, 2.75) is 6.18 Å². The molecule has 0 spiro atoms. The highest BCUT2D eigenvalue weighted by molar-refractivity contribution is 6.31. The lowest BCUT2D eigenvalue weighted by Gasteiger charge is -2.26. The second-order valence-electron chi connectivity index (χ2n) is 9.46. The molecule has 1 fully saturated rings. The second kappa shape index (κ2) is 12.8. The molecule has 3 aromatic carbocycles. The number of nitrogens with zero attached hydrogens (tertiary/aromatic N) is 2. The number of aromatic amines is 1. The van der Waals surface area contributed by atoms with Crippen molar-refractivity contribution in [2.24, 2.45) is 0 Å². The average molecular weight is 604 g/mol. The van der Waals surface area contributed by atoms with Gasteiger partial charge in [-0.05, 0) is 66.2 Å². The third-order valence-electron chi connectivity index (χ3n) is 6.57. The molecule has 1 aliphatic heterocycles. The zero-order valence-electron chi connectivity index (χ0n) is 22.1. The van der Waals surface area contributed by atoms with E-state index in [1.54, 1.807) is 12.1 Å². The van der Waals surface area contributed by atoms with Crippen LogP contribution in [0.25, 0.3) is 22.5 Å². The summed E-state index contributed by atoms with van der Waals surface area (Å²) in [4.78, 5) is 14.6. The molecule has 0 aliphatic carbocycles. The van der Waals surface area contributed by atoms with E-state index in [1.807, 2.05) is 24.3 Å². The third kappa shape index (κ3) is 7.38. The van der Waals surface area contributed by atoms with Gasteiger partial charge in [-0.3, -0.25) is 10.00 Å². The van der Waals surface area contributed by atoms with E-state index in [2.05, 4.69) is 25.7 Å². The van der Waals surface area contributed by atoms with Gasteiger partial charge in [0.2, 0.25) is 0 Å². The number of carbonyl (C=O) groups excluding carboxylic acids is 1. The van der Waals surface area contributed by atoms with Crippen molar-refractivity contribution in [3.05, 3.63) is 83.1 Å². The fourth-order valence-corrected chi connectivity index (χ4v) is 4.64. The molecule has 42 heavy (non-hydrogen) atoms. The first-order valence-corrected chi connectivity index (χ1v) is 13.4. The van der Waals surface area contributed by atoms with Crippen LogP contribution in [0.15, 0.2) is 66.7 Å². The maximum atomic E-state index is 14.8. The number of benzene rings is 3. The van der Waals surface area contributed by atoms with Crippen LogP contribution in [0.1, 0.15) is 5.56 Å². The molecule has 2 heterocycles. The number of nitrogens with one attached hydrogen (secondary N) is 3. The highest BCUT2D eigenvalue weighted by atomic mass is 35.5. The van der Waals surface area contributed by atoms with Gasteiger partial charge in [0.25, 0.3) is 0 Å². The number of halogens is 5. The van der Waals surface area contributed by atoms with Crippen LogP contribution in [-0.4, -0.2) is 60.6 Å². The summed E-state index contributed by atoms with van der Waals surface area (Å²) in [5.74, 6) is 0.0265. The molecule has 4 aromatic rings. The molecule has 0 bridgehead atoms. The number of anilines is 2. The van der Waals surface area contributed by atoms with E-state index >= 15 is 0 Å². The Bertz CT molecular complexity index is 1540. The lowest BCUT2D eigenvalue weighted by Crippen LogP contribution is -2.38. The maximum Gasteiger partial charge on any atom is 0.417 e. The molecule has 5 rings (SSSR count). The standard InChI is InChI=1S/C29H26ClF4N5O3/c30-23-16-20(4-7-22(23)29(32,33)34)35-28(40)36-25-8-3-19(15-24(25)31)27-17-26(37-38-27)18-1-5-21(6-2-18)42-14-11-39-9-12-41-13-10-39/h1-8,15-17H,9-14H2,(H,37,38)(H2,35,36,40). The number of morpholine rings is 1. The zero-order chi connectivity index (χ0) is 29.7. The van der Waals surface area contributed by atoms with Gasteiger partial charge in [-0.25, -0.2) is 9.18 Å². The SMILES string of the molecule is O=C(Nc1ccc(C(F)(F)F)c(Cl)c1)Nc1ccc(-c2cc(-c3ccc(OCCN4CCOCC4)cc3)[nH]n2)cc1F. The summed E-state index contributed by atoms with van der Waals surface area (Å²) in [6.07, 6.45) is -4.62. The number of ether oxygens (including phenoxy) is 2. The topological polar surface area (TPSA) is 91.5 Å². The number of urea groups is 1. The summed E-state index contributed by atoms with van der Waals surface area (Å²) in [6.45, 7) is 4.72. The van der Waals surface area contributed by atoms with Crippen LogP contribution in [-0.2, 0) is 10.9 Å². The number of hydrogen-bond acceptors (Lipinski definition) is 5. The average Bonchev–Trinajstić information content (AvgIpc) is 3.45. The molecule has 1 saturated heterocycles. The first-order chi connectivity index (χ1) is 20.2. The van der Waals surface area contributed by atoms with Crippen molar-refractivity contribution in [1.29, 1.82) is 0 Å². The van der Waals surface area contributed by atoms with Crippen molar-refractivity contribution in [1.82, 2.24) is 15.1 Å². The van der Waals surface area contributed by atoms with Gasteiger partial charge in [0, 0.05) is 30.9 Å². The van der Waals surface area contributed by atoms with Crippen LogP contribution < -0.4 is 15.4 Å². The van der Waals surface area contributed by atoms with Crippen molar-refractivity contribution in [2.75, 3.05) is 50.1 Å². The summed E-state index contributed by atoms with van der Waals surface area (Å²) in [5, 5.41) is 11.3. The highest BCUT2D eigenvalue weighted by Gasteiger charge is 2.33. The molecular weight excluding hydrogens is 578 g/mol.